The van der Waals surface area contributed by atoms with Crippen LogP contribution in [0.15, 0.2) is 41.3 Å². The first kappa shape index (κ1) is 10.7. The molecule has 0 fully saturated rings. The van der Waals surface area contributed by atoms with Crippen molar-refractivity contribution in [3.8, 4) is 11.1 Å². The van der Waals surface area contributed by atoms with Crippen molar-refractivity contribution < 1.29 is 0 Å². The van der Waals surface area contributed by atoms with Gasteiger partial charge in [-0.3, -0.25) is 0 Å². The molecule has 0 saturated carbocycles. The maximum atomic E-state index is 2.26. The van der Waals surface area contributed by atoms with E-state index in [1.807, 2.05) is 11.9 Å². The van der Waals surface area contributed by atoms with Crippen LogP contribution in [0.2, 0.25) is 0 Å². The van der Waals surface area contributed by atoms with Crippen molar-refractivity contribution >= 4 is 17.6 Å². The normalized spacial score (nSPS) is 13.2. The highest BCUT2D eigenvalue weighted by Gasteiger charge is 2.20. The third-order valence-electron chi connectivity index (χ3n) is 3.16. The molecule has 0 aromatic heterocycles. The summed E-state index contributed by atoms with van der Waals surface area (Å²) in [5.41, 5.74) is 6.64. The molecule has 1 aliphatic heterocycles. The van der Waals surface area contributed by atoms with Crippen LogP contribution in [0.4, 0.5) is 5.69 Å². The van der Waals surface area contributed by atoms with Crippen molar-refractivity contribution in [2.75, 3.05) is 11.4 Å². The fourth-order valence-electron chi connectivity index (χ4n) is 2.25. The van der Waals surface area contributed by atoms with Gasteiger partial charge in [-0.2, -0.15) is 0 Å². The monoisotopic (exact) mass is 241 g/mol. The van der Waals surface area contributed by atoms with Gasteiger partial charge < -0.3 is 4.31 Å². The standard InChI is InChI=1S/C15H15NS/c1-10-4-6-12-13-7-5-11(2)9-15(13)17-16(3)14(12)8-10/h4-9H,1-3H3. The largest absolute Gasteiger partial charge is 0.315 e. The summed E-state index contributed by atoms with van der Waals surface area (Å²) in [6, 6.07) is 13.4. The zero-order valence-corrected chi connectivity index (χ0v) is 11.1. The van der Waals surface area contributed by atoms with Crippen LogP contribution in [0.25, 0.3) is 11.1 Å². The zero-order valence-electron chi connectivity index (χ0n) is 10.3. The van der Waals surface area contributed by atoms with E-state index < -0.39 is 0 Å². The summed E-state index contributed by atoms with van der Waals surface area (Å²) in [4.78, 5) is 1.35. The number of nitrogens with zero attached hydrogens (tertiary/aromatic N) is 1. The molecule has 0 bridgehead atoms. The van der Waals surface area contributed by atoms with Crippen LogP contribution < -0.4 is 4.31 Å². The Hall–Kier alpha value is -1.41. The summed E-state index contributed by atoms with van der Waals surface area (Å²) in [5.74, 6) is 0. The van der Waals surface area contributed by atoms with Crippen molar-refractivity contribution in [2.24, 2.45) is 0 Å². The lowest BCUT2D eigenvalue weighted by molar-refractivity contribution is 1.26. The van der Waals surface area contributed by atoms with Gasteiger partial charge in [0.05, 0.1) is 5.69 Å². The van der Waals surface area contributed by atoms with Gasteiger partial charge in [0.25, 0.3) is 0 Å². The minimum atomic E-state index is 1.31. The fourth-order valence-corrected chi connectivity index (χ4v) is 3.31. The molecule has 86 valence electrons. The van der Waals surface area contributed by atoms with Crippen LogP contribution in [0.1, 0.15) is 11.1 Å². The van der Waals surface area contributed by atoms with Crippen LogP contribution in [0.5, 0.6) is 0 Å². The zero-order chi connectivity index (χ0) is 12.0. The van der Waals surface area contributed by atoms with Crippen molar-refractivity contribution in [2.45, 2.75) is 18.7 Å². The Balaban J connectivity index is 2.26. The van der Waals surface area contributed by atoms with Crippen molar-refractivity contribution in [1.82, 2.24) is 0 Å². The minimum Gasteiger partial charge on any atom is -0.315 e. The van der Waals surface area contributed by atoms with E-state index in [0.29, 0.717) is 0 Å². The van der Waals surface area contributed by atoms with Gasteiger partial charge in [0.15, 0.2) is 0 Å². The molecule has 0 saturated heterocycles. The van der Waals surface area contributed by atoms with E-state index >= 15 is 0 Å². The molecule has 0 spiro atoms. The van der Waals surface area contributed by atoms with Gasteiger partial charge in [-0.25, -0.2) is 0 Å². The van der Waals surface area contributed by atoms with Crippen LogP contribution in [-0.2, 0) is 0 Å². The highest BCUT2D eigenvalue weighted by molar-refractivity contribution is 8.00. The molecule has 17 heavy (non-hydrogen) atoms. The molecule has 0 unspecified atom stereocenters. The van der Waals surface area contributed by atoms with Gasteiger partial charge in [0.2, 0.25) is 0 Å². The molecule has 0 N–H and O–H groups in total. The summed E-state index contributed by atoms with van der Waals surface area (Å²) in [5, 5.41) is 0. The molecule has 0 amide bonds. The molecule has 2 aromatic carbocycles. The summed E-state index contributed by atoms with van der Waals surface area (Å²) in [6.45, 7) is 4.29. The predicted octanol–water partition coefficient (Wildman–Crippen LogP) is 4.43. The molecular formula is C15H15NS. The Morgan fingerprint density at radius 1 is 0.882 bits per heavy atom. The van der Waals surface area contributed by atoms with Gasteiger partial charge in [0.1, 0.15) is 0 Å². The van der Waals surface area contributed by atoms with Gasteiger partial charge >= 0.3 is 0 Å². The molecule has 1 aliphatic rings. The maximum absolute atomic E-state index is 2.26. The van der Waals surface area contributed by atoms with E-state index in [4.69, 9.17) is 0 Å². The van der Waals surface area contributed by atoms with E-state index in [1.54, 1.807) is 0 Å². The number of hydrogen-bond donors (Lipinski definition) is 0. The second-order valence-electron chi connectivity index (χ2n) is 4.61. The smallest absolute Gasteiger partial charge is 0.0551 e. The lowest BCUT2D eigenvalue weighted by Gasteiger charge is -2.28. The summed E-state index contributed by atoms with van der Waals surface area (Å²) < 4.78 is 2.25. The second-order valence-corrected chi connectivity index (χ2v) is 5.78. The predicted molar refractivity (Wildman–Crippen MR) is 75.6 cm³/mol. The summed E-state index contributed by atoms with van der Waals surface area (Å²) in [6.07, 6.45) is 0. The number of fused-ring (bicyclic) bond motifs is 3. The van der Waals surface area contributed by atoms with Crippen LogP contribution in [-0.4, -0.2) is 7.05 Å². The molecule has 1 nitrogen and oxygen atoms in total. The Labute approximate surface area is 107 Å². The first-order valence-electron chi connectivity index (χ1n) is 5.78. The Kier molecular flexibility index (Phi) is 2.40. The number of benzene rings is 2. The van der Waals surface area contributed by atoms with E-state index in [9.17, 15) is 0 Å². The summed E-state index contributed by atoms with van der Waals surface area (Å²) in [7, 11) is 2.13. The van der Waals surface area contributed by atoms with E-state index in [-0.39, 0.29) is 0 Å². The topological polar surface area (TPSA) is 3.24 Å². The Morgan fingerprint density at radius 2 is 1.53 bits per heavy atom. The van der Waals surface area contributed by atoms with Crippen LogP contribution in [0, 0.1) is 13.8 Å². The fraction of sp³-hybridized carbons (Fsp3) is 0.200. The van der Waals surface area contributed by atoms with E-state index in [1.165, 1.54) is 32.8 Å². The minimum absolute atomic E-state index is 1.31. The van der Waals surface area contributed by atoms with Crippen LogP contribution in [0.3, 0.4) is 0 Å². The Bertz CT molecular complexity index is 589. The first-order valence-corrected chi connectivity index (χ1v) is 6.56. The lowest BCUT2D eigenvalue weighted by atomic mass is 10.0. The molecule has 2 aromatic rings. The highest BCUT2D eigenvalue weighted by atomic mass is 32.2. The molecule has 0 radical (unpaired) electrons. The Morgan fingerprint density at radius 3 is 2.29 bits per heavy atom. The molecule has 3 rings (SSSR count). The van der Waals surface area contributed by atoms with Gasteiger partial charge in [-0.15, -0.1) is 0 Å². The lowest BCUT2D eigenvalue weighted by Crippen LogP contribution is -2.12. The molecule has 2 heteroatoms. The number of hydrogen-bond acceptors (Lipinski definition) is 2. The van der Waals surface area contributed by atoms with Crippen LogP contribution >= 0.6 is 11.9 Å². The molecule has 1 heterocycles. The highest BCUT2D eigenvalue weighted by Crippen LogP contribution is 2.45. The van der Waals surface area contributed by atoms with Crippen molar-refractivity contribution in [3.05, 3.63) is 47.5 Å². The molecular weight excluding hydrogens is 226 g/mol. The van der Waals surface area contributed by atoms with E-state index in [0.717, 1.165) is 0 Å². The number of aryl methyl sites for hydroxylation is 2. The third kappa shape index (κ3) is 1.73. The maximum Gasteiger partial charge on any atom is 0.0551 e. The first-order chi connectivity index (χ1) is 8.15. The van der Waals surface area contributed by atoms with E-state index in [2.05, 4.69) is 61.6 Å². The average molecular weight is 241 g/mol. The third-order valence-corrected chi connectivity index (χ3v) is 4.16. The number of anilines is 1. The van der Waals surface area contributed by atoms with Gasteiger partial charge in [0, 0.05) is 17.5 Å². The average Bonchev–Trinajstić information content (AvgIpc) is 2.29. The number of rotatable bonds is 0. The van der Waals surface area contributed by atoms with Gasteiger partial charge in [-0.1, -0.05) is 24.3 Å². The van der Waals surface area contributed by atoms with Crippen molar-refractivity contribution in [1.29, 1.82) is 0 Å². The summed E-state index contributed by atoms with van der Waals surface area (Å²) >= 11 is 1.81. The molecule has 0 aliphatic carbocycles. The quantitative estimate of drug-likeness (QED) is 0.628. The second kappa shape index (κ2) is 3.81. The SMILES string of the molecule is Cc1ccc2c(c1)SN(C)c1cc(C)ccc1-2. The van der Waals surface area contributed by atoms with Crippen molar-refractivity contribution in [3.63, 3.8) is 0 Å². The molecule has 0 atom stereocenters. The van der Waals surface area contributed by atoms with Gasteiger partial charge in [-0.05, 0) is 54.6 Å².